The number of amides is 1. The molecule has 1 fully saturated rings. The van der Waals surface area contributed by atoms with E-state index in [1.165, 1.54) is 12.3 Å². The van der Waals surface area contributed by atoms with Crippen molar-refractivity contribution in [1.82, 2.24) is 10.5 Å². The van der Waals surface area contributed by atoms with E-state index in [1.807, 2.05) is 0 Å². The molecule has 1 aliphatic rings. The normalized spacial score (nSPS) is 19.7. The van der Waals surface area contributed by atoms with Crippen molar-refractivity contribution in [1.29, 1.82) is 0 Å². The molecule has 1 saturated heterocycles. The lowest BCUT2D eigenvalue weighted by atomic mass is 10.0. The molecular formula is C15H18N2O5S. The van der Waals surface area contributed by atoms with Crippen LogP contribution in [0.15, 0.2) is 33.4 Å². The number of rotatable bonds is 6. The third-order valence-corrected chi connectivity index (χ3v) is 5.75. The first-order valence-electron chi connectivity index (χ1n) is 7.53. The van der Waals surface area contributed by atoms with E-state index in [-0.39, 0.29) is 23.3 Å². The molecule has 0 spiro atoms. The molecule has 3 heterocycles. The molecule has 0 bridgehead atoms. The van der Waals surface area contributed by atoms with E-state index in [1.54, 1.807) is 12.1 Å². The summed E-state index contributed by atoms with van der Waals surface area (Å²) in [6, 6.07) is 4.97. The third-order valence-electron chi connectivity index (χ3n) is 3.91. The largest absolute Gasteiger partial charge is 0.461 e. The zero-order chi connectivity index (χ0) is 16.3. The molecule has 0 saturated carbocycles. The van der Waals surface area contributed by atoms with E-state index >= 15 is 0 Å². The maximum Gasteiger partial charge on any atom is 0.273 e. The Kier molecular flexibility index (Phi) is 4.51. The second-order valence-electron chi connectivity index (χ2n) is 5.72. The van der Waals surface area contributed by atoms with Gasteiger partial charge in [-0.05, 0) is 37.3 Å². The van der Waals surface area contributed by atoms with Crippen molar-refractivity contribution in [2.75, 3.05) is 18.1 Å². The fourth-order valence-corrected chi connectivity index (χ4v) is 4.61. The van der Waals surface area contributed by atoms with Gasteiger partial charge in [0.05, 0.1) is 17.8 Å². The monoisotopic (exact) mass is 338 g/mol. The van der Waals surface area contributed by atoms with Crippen molar-refractivity contribution in [2.45, 2.75) is 19.3 Å². The van der Waals surface area contributed by atoms with Crippen LogP contribution in [0.4, 0.5) is 0 Å². The number of furan rings is 1. The summed E-state index contributed by atoms with van der Waals surface area (Å²) in [5.74, 6) is 1.38. The van der Waals surface area contributed by atoms with Gasteiger partial charge in [-0.2, -0.15) is 0 Å². The van der Waals surface area contributed by atoms with Crippen LogP contribution in [0.25, 0.3) is 11.5 Å². The summed E-state index contributed by atoms with van der Waals surface area (Å²) in [6.45, 7) is 0.484. The summed E-state index contributed by atoms with van der Waals surface area (Å²) in [5.41, 5.74) is 0.194. The number of carbonyl (C=O) groups excluding carboxylic acids is 1. The van der Waals surface area contributed by atoms with Gasteiger partial charge in [0.15, 0.2) is 21.3 Å². The highest BCUT2D eigenvalue weighted by Gasteiger charge is 2.27. The molecule has 1 amide bonds. The predicted molar refractivity (Wildman–Crippen MR) is 82.5 cm³/mol. The van der Waals surface area contributed by atoms with Gasteiger partial charge in [0, 0.05) is 12.6 Å². The minimum atomic E-state index is -2.83. The second kappa shape index (κ2) is 6.57. The molecule has 1 atom stereocenters. The van der Waals surface area contributed by atoms with Crippen LogP contribution in [0.5, 0.6) is 0 Å². The summed E-state index contributed by atoms with van der Waals surface area (Å²) < 4.78 is 33.0. The maximum absolute atomic E-state index is 12.0. The SMILES string of the molecule is O=C(NCCCC1CCS(=O)(=O)C1)c1cc(-c2ccco2)on1. The highest BCUT2D eigenvalue weighted by Crippen LogP contribution is 2.23. The van der Waals surface area contributed by atoms with E-state index < -0.39 is 9.84 Å². The van der Waals surface area contributed by atoms with Crippen LogP contribution < -0.4 is 5.32 Å². The van der Waals surface area contributed by atoms with Crippen LogP contribution >= 0.6 is 0 Å². The van der Waals surface area contributed by atoms with Gasteiger partial charge in [0.1, 0.15) is 0 Å². The Morgan fingerprint density at radius 2 is 2.26 bits per heavy atom. The molecule has 2 aromatic rings. The lowest BCUT2D eigenvalue weighted by Gasteiger charge is -2.07. The molecule has 124 valence electrons. The van der Waals surface area contributed by atoms with Gasteiger partial charge >= 0.3 is 0 Å². The molecule has 8 heteroatoms. The zero-order valence-electron chi connectivity index (χ0n) is 12.5. The van der Waals surface area contributed by atoms with Gasteiger partial charge < -0.3 is 14.3 Å². The highest BCUT2D eigenvalue weighted by molar-refractivity contribution is 7.91. The van der Waals surface area contributed by atoms with Crippen molar-refractivity contribution in [3.63, 3.8) is 0 Å². The number of nitrogens with zero attached hydrogens (tertiary/aromatic N) is 1. The molecule has 23 heavy (non-hydrogen) atoms. The molecular weight excluding hydrogens is 320 g/mol. The number of hydrogen-bond donors (Lipinski definition) is 1. The molecule has 0 aromatic carbocycles. The van der Waals surface area contributed by atoms with Gasteiger partial charge in [0.25, 0.3) is 5.91 Å². The van der Waals surface area contributed by atoms with Crippen molar-refractivity contribution in [3.05, 3.63) is 30.2 Å². The molecule has 7 nitrogen and oxygen atoms in total. The number of sulfone groups is 1. The smallest absolute Gasteiger partial charge is 0.273 e. The van der Waals surface area contributed by atoms with E-state index in [0.29, 0.717) is 23.8 Å². The van der Waals surface area contributed by atoms with Gasteiger partial charge in [-0.15, -0.1) is 0 Å². The Labute approximate surface area is 133 Å². The Balaban J connectivity index is 1.43. The second-order valence-corrected chi connectivity index (χ2v) is 7.95. The van der Waals surface area contributed by atoms with E-state index in [4.69, 9.17) is 8.94 Å². The minimum Gasteiger partial charge on any atom is -0.461 e. The summed E-state index contributed by atoms with van der Waals surface area (Å²) in [7, 11) is -2.83. The van der Waals surface area contributed by atoms with Crippen molar-refractivity contribution in [2.24, 2.45) is 5.92 Å². The van der Waals surface area contributed by atoms with Gasteiger partial charge in [-0.3, -0.25) is 4.79 Å². The Hall–Kier alpha value is -2.09. The number of aromatic nitrogens is 1. The summed E-state index contributed by atoms with van der Waals surface area (Å²) >= 11 is 0. The highest BCUT2D eigenvalue weighted by atomic mass is 32.2. The maximum atomic E-state index is 12.0. The Morgan fingerprint density at radius 1 is 1.39 bits per heavy atom. The van der Waals surface area contributed by atoms with Gasteiger partial charge in [-0.1, -0.05) is 5.16 Å². The van der Waals surface area contributed by atoms with Crippen molar-refractivity contribution in [3.8, 4) is 11.5 Å². The first-order chi connectivity index (χ1) is 11.0. The molecule has 1 N–H and O–H groups in total. The quantitative estimate of drug-likeness (QED) is 0.807. The lowest BCUT2D eigenvalue weighted by molar-refractivity contribution is 0.0943. The predicted octanol–water partition coefficient (Wildman–Crippen LogP) is 1.88. The van der Waals surface area contributed by atoms with E-state index in [9.17, 15) is 13.2 Å². The molecule has 1 unspecified atom stereocenters. The average Bonchev–Trinajstić information content (AvgIpc) is 3.23. The minimum absolute atomic E-state index is 0.194. The number of nitrogens with one attached hydrogen (secondary N) is 1. The third kappa shape index (κ3) is 4.01. The van der Waals surface area contributed by atoms with Crippen LogP contribution in [-0.4, -0.2) is 37.5 Å². The number of carbonyl (C=O) groups is 1. The standard InChI is InChI=1S/C15H18N2O5S/c18-15(12-9-14(22-17-12)13-4-2-7-21-13)16-6-1-3-11-5-8-23(19,20)10-11/h2,4,7,9,11H,1,3,5-6,8,10H2,(H,16,18). The number of hydrogen-bond acceptors (Lipinski definition) is 6. The van der Waals surface area contributed by atoms with Crippen LogP contribution in [-0.2, 0) is 9.84 Å². The van der Waals surface area contributed by atoms with Crippen LogP contribution in [0.2, 0.25) is 0 Å². The molecule has 0 radical (unpaired) electrons. The topological polar surface area (TPSA) is 102 Å². The Morgan fingerprint density at radius 3 is 2.96 bits per heavy atom. The average molecular weight is 338 g/mol. The van der Waals surface area contributed by atoms with Crippen LogP contribution in [0, 0.1) is 5.92 Å². The Bertz CT molecular complexity index is 764. The first kappa shape index (κ1) is 15.8. The fraction of sp³-hybridized carbons (Fsp3) is 0.467. The lowest BCUT2D eigenvalue weighted by Crippen LogP contribution is -2.25. The fourth-order valence-electron chi connectivity index (χ4n) is 2.70. The van der Waals surface area contributed by atoms with Crippen molar-refractivity contribution >= 4 is 15.7 Å². The van der Waals surface area contributed by atoms with Gasteiger partial charge in [0.2, 0.25) is 5.76 Å². The molecule has 0 aliphatic carbocycles. The first-order valence-corrected chi connectivity index (χ1v) is 9.35. The summed E-state index contributed by atoms with van der Waals surface area (Å²) in [4.78, 5) is 12.0. The van der Waals surface area contributed by atoms with E-state index in [2.05, 4.69) is 10.5 Å². The zero-order valence-corrected chi connectivity index (χ0v) is 13.3. The molecule has 3 rings (SSSR count). The van der Waals surface area contributed by atoms with Crippen LogP contribution in [0.3, 0.4) is 0 Å². The van der Waals surface area contributed by atoms with Gasteiger partial charge in [-0.25, -0.2) is 8.42 Å². The van der Waals surface area contributed by atoms with Crippen LogP contribution in [0.1, 0.15) is 29.8 Å². The van der Waals surface area contributed by atoms with Crippen molar-refractivity contribution < 1.29 is 22.2 Å². The summed E-state index contributed by atoms with van der Waals surface area (Å²) in [6.07, 6.45) is 3.79. The van der Waals surface area contributed by atoms with E-state index in [0.717, 1.165) is 19.3 Å². The summed E-state index contributed by atoms with van der Waals surface area (Å²) in [5, 5.41) is 6.48. The molecule has 2 aromatic heterocycles. The molecule has 1 aliphatic heterocycles.